The zero-order valence-corrected chi connectivity index (χ0v) is 26.2. The number of rotatable bonds is 5. The van der Waals surface area contributed by atoms with E-state index in [0.29, 0.717) is 5.82 Å². The molecule has 1 aliphatic heterocycles. The van der Waals surface area contributed by atoms with Gasteiger partial charge in [-0.25, -0.2) is 9.97 Å². The highest BCUT2D eigenvalue weighted by atomic mass is 32.1. The smallest absolute Gasteiger partial charge is 0.160 e. The number of para-hydroxylation sites is 1. The van der Waals surface area contributed by atoms with Gasteiger partial charge in [-0.05, 0) is 34.9 Å². The second-order valence-electron chi connectivity index (χ2n) is 11.7. The lowest BCUT2D eigenvalue weighted by atomic mass is 9.99. The Bertz CT molecular complexity index is 2430. The number of nitrogens with one attached hydrogen (secondary N) is 1. The van der Waals surface area contributed by atoms with Crippen molar-refractivity contribution in [2.45, 2.75) is 6.17 Å². The number of benzene rings is 6. The molecule has 0 spiro atoms. The first-order valence-electron chi connectivity index (χ1n) is 15.7. The molecule has 0 fully saturated rings. The first kappa shape index (κ1) is 27.4. The van der Waals surface area contributed by atoms with Crippen LogP contribution in [0.15, 0.2) is 163 Å². The van der Waals surface area contributed by atoms with Crippen molar-refractivity contribution in [3.63, 3.8) is 0 Å². The molecule has 2 aromatic heterocycles. The first-order valence-corrected chi connectivity index (χ1v) is 16.5. The van der Waals surface area contributed by atoms with Crippen molar-refractivity contribution in [3.05, 3.63) is 174 Å². The van der Waals surface area contributed by atoms with Crippen LogP contribution in [-0.2, 0) is 0 Å². The maximum Gasteiger partial charge on any atom is 0.160 e. The molecule has 47 heavy (non-hydrogen) atoms. The van der Waals surface area contributed by atoms with E-state index in [1.54, 1.807) is 11.3 Å². The van der Waals surface area contributed by atoms with E-state index in [-0.39, 0.29) is 6.17 Å². The molecule has 1 N–H and O–H groups in total. The average Bonchev–Trinajstić information content (AvgIpc) is 3.53. The summed E-state index contributed by atoms with van der Waals surface area (Å²) >= 11 is 1.79. The van der Waals surface area contributed by atoms with Crippen LogP contribution in [0.25, 0.3) is 54.8 Å². The van der Waals surface area contributed by atoms with Gasteiger partial charge in [-0.2, -0.15) is 0 Å². The summed E-state index contributed by atoms with van der Waals surface area (Å²) in [7, 11) is 0. The van der Waals surface area contributed by atoms with Gasteiger partial charge in [0.05, 0.1) is 27.5 Å². The number of hydrogen-bond acceptors (Lipinski definition) is 5. The Morgan fingerprint density at radius 2 is 1.15 bits per heavy atom. The lowest BCUT2D eigenvalue weighted by Crippen LogP contribution is -2.19. The van der Waals surface area contributed by atoms with E-state index < -0.39 is 0 Å². The molecule has 3 heterocycles. The van der Waals surface area contributed by atoms with E-state index in [4.69, 9.17) is 15.0 Å². The van der Waals surface area contributed by atoms with Crippen LogP contribution in [-0.4, -0.2) is 15.7 Å². The van der Waals surface area contributed by atoms with Crippen molar-refractivity contribution in [3.8, 4) is 33.8 Å². The summed E-state index contributed by atoms with van der Waals surface area (Å²) in [6, 6.07) is 54.9. The molecule has 9 rings (SSSR count). The van der Waals surface area contributed by atoms with Gasteiger partial charge < -0.3 is 5.32 Å². The maximum atomic E-state index is 5.39. The summed E-state index contributed by atoms with van der Waals surface area (Å²) in [5.41, 5.74) is 10.6. The maximum absolute atomic E-state index is 5.39. The van der Waals surface area contributed by atoms with Gasteiger partial charge in [0, 0.05) is 32.2 Å². The molecule has 1 unspecified atom stereocenters. The van der Waals surface area contributed by atoms with Crippen molar-refractivity contribution in [1.29, 1.82) is 0 Å². The fourth-order valence-electron chi connectivity index (χ4n) is 6.40. The van der Waals surface area contributed by atoms with Crippen LogP contribution in [0.5, 0.6) is 0 Å². The molecule has 6 aromatic carbocycles. The Labute approximate surface area is 276 Å². The zero-order valence-electron chi connectivity index (χ0n) is 25.3. The number of nitrogens with zero attached hydrogens (tertiary/aromatic N) is 3. The van der Waals surface area contributed by atoms with Crippen LogP contribution < -0.4 is 5.32 Å². The van der Waals surface area contributed by atoms with Crippen molar-refractivity contribution >= 4 is 43.7 Å². The molecule has 8 aromatic rings. The van der Waals surface area contributed by atoms with Gasteiger partial charge in [-0.3, -0.25) is 4.99 Å². The summed E-state index contributed by atoms with van der Waals surface area (Å²) in [5.74, 6) is 0.697. The molecule has 0 saturated heterocycles. The van der Waals surface area contributed by atoms with Gasteiger partial charge in [0.25, 0.3) is 0 Å². The lowest BCUT2D eigenvalue weighted by molar-refractivity contribution is 0.832. The lowest BCUT2D eigenvalue weighted by Gasteiger charge is -2.25. The number of fused-ring (bicyclic) bond motifs is 4. The average molecular weight is 621 g/mol. The predicted molar refractivity (Wildman–Crippen MR) is 196 cm³/mol. The van der Waals surface area contributed by atoms with Gasteiger partial charge >= 0.3 is 0 Å². The minimum Gasteiger partial charge on any atom is -0.358 e. The Balaban J connectivity index is 1.15. The van der Waals surface area contributed by atoms with Crippen LogP contribution in [0.2, 0.25) is 0 Å². The van der Waals surface area contributed by atoms with E-state index in [9.17, 15) is 0 Å². The number of aliphatic imine (C=N–C) groups is 1. The standard InChI is InChI=1S/C42H28N4S/c1-3-12-27(13-4-1)28-22-24-30(25-23-28)38-40-39(34-19-8-10-21-36(34)47-40)46-42(45-38)32-17-11-16-31(26-32)41-43-35-20-9-7-18-33(35)37(44-41)29-14-5-2-6-15-29/h1-26,42,46H. The number of hydrogen-bond donors (Lipinski definition) is 1. The molecule has 0 bridgehead atoms. The van der Waals surface area contributed by atoms with Crippen LogP contribution in [0.3, 0.4) is 0 Å². The summed E-state index contributed by atoms with van der Waals surface area (Å²) < 4.78 is 1.24. The third kappa shape index (κ3) is 4.98. The van der Waals surface area contributed by atoms with E-state index in [2.05, 4.69) is 139 Å². The predicted octanol–water partition coefficient (Wildman–Crippen LogP) is 10.8. The Morgan fingerprint density at radius 3 is 1.96 bits per heavy atom. The third-order valence-corrected chi connectivity index (χ3v) is 9.90. The van der Waals surface area contributed by atoms with Crippen LogP contribution in [0.1, 0.15) is 22.2 Å². The molecule has 1 aliphatic rings. The monoisotopic (exact) mass is 620 g/mol. The van der Waals surface area contributed by atoms with Gasteiger partial charge in [0.2, 0.25) is 0 Å². The molecule has 222 valence electrons. The van der Waals surface area contributed by atoms with E-state index >= 15 is 0 Å². The quantitative estimate of drug-likeness (QED) is 0.208. The second-order valence-corrected chi connectivity index (χ2v) is 12.7. The topological polar surface area (TPSA) is 50.2 Å². The molecular formula is C42H28N4S. The van der Waals surface area contributed by atoms with Crippen molar-refractivity contribution in [2.24, 2.45) is 4.99 Å². The van der Waals surface area contributed by atoms with Gasteiger partial charge in [0.1, 0.15) is 6.17 Å². The zero-order chi connectivity index (χ0) is 31.2. The van der Waals surface area contributed by atoms with Gasteiger partial charge in [0.15, 0.2) is 5.82 Å². The molecule has 1 atom stereocenters. The van der Waals surface area contributed by atoms with E-state index in [1.807, 2.05) is 24.3 Å². The van der Waals surface area contributed by atoms with E-state index in [1.165, 1.54) is 21.2 Å². The number of aromatic nitrogens is 2. The first-order chi connectivity index (χ1) is 23.3. The van der Waals surface area contributed by atoms with Crippen molar-refractivity contribution in [2.75, 3.05) is 5.32 Å². The Morgan fingerprint density at radius 1 is 0.511 bits per heavy atom. The number of thiophene rings is 1. The summed E-state index contributed by atoms with van der Waals surface area (Å²) in [4.78, 5) is 16.7. The highest BCUT2D eigenvalue weighted by Gasteiger charge is 2.27. The summed E-state index contributed by atoms with van der Waals surface area (Å²) in [5, 5.41) is 6.05. The van der Waals surface area contributed by atoms with Crippen molar-refractivity contribution < 1.29 is 0 Å². The summed E-state index contributed by atoms with van der Waals surface area (Å²) in [6.45, 7) is 0. The SMILES string of the molecule is c1ccc(-c2ccc(C3=NC(c4cccc(-c5nc(-c6ccccc6)c6ccccc6n5)c4)Nc4c3sc3ccccc43)cc2)cc1. The molecule has 0 aliphatic carbocycles. The highest BCUT2D eigenvalue weighted by molar-refractivity contribution is 7.22. The molecule has 5 heteroatoms. The van der Waals surface area contributed by atoms with Gasteiger partial charge in [-0.1, -0.05) is 140 Å². The molecule has 4 nitrogen and oxygen atoms in total. The van der Waals surface area contributed by atoms with Crippen LogP contribution >= 0.6 is 11.3 Å². The third-order valence-electron chi connectivity index (χ3n) is 8.73. The molecule has 0 saturated carbocycles. The Hall–Kier alpha value is -5.91. The molecule has 0 amide bonds. The van der Waals surface area contributed by atoms with Crippen LogP contribution in [0.4, 0.5) is 5.69 Å². The molecule has 0 radical (unpaired) electrons. The second kappa shape index (κ2) is 11.5. The Kier molecular flexibility index (Phi) is 6.69. The van der Waals surface area contributed by atoms with E-state index in [0.717, 1.165) is 55.1 Å². The minimum absolute atomic E-state index is 0.279. The van der Waals surface area contributed by atoms with Crippen molar-refractivity contribution in [1.82, 2.24) is 9.97 Å². The fourth-order valence-corrected chi connectivity index (χ4v) is 7.58. The number of anilines is 1. The van der Waals surface area contributed by atoms with Gasteiger partial charge in [-0.15, -0.1) is 11.3 Å². The molecular weight excluding hydrogens is 593 g/mol. The highest BCUT2D eigenvalue weighted by Crippen LogP contribution is 2.43. The fraction of sp³-hybridized carbons (Fsp3) is 0.0238. The van der Waals surface area contributed by atoms with Crippen LogP contribution in [0, 0.1) is 0 Å². The minimum atomic E-state index is -0.279. The largest absolute Gasteiger partial charge is 0.358 e. The summed E-state index contributed by atoms with van der Waals surface area (Å²) in [6.07, 6.45) is -0.279. The normalized spacial score (nSPS) is 14.0.